The molecule has 2 atom stereocenters. The van der Waals surface area contributed by atoms with Gasteiger partial charge in [0.05, 0.1) is 0 Å². The number of methoxy groups -OCH3 is 2. The van der Waals surface area contributed by atoms with Crippen molar-refractivity contribution in [2.45, 2.75) is 65.5 Å². The Labute approximate surface area is 385 Å². The van der Waals surface area contributed by atoms with Crippen LogP contribution in [-0.2, 0) is 20.7 Å². The molecule has 352 valence electrons. The van der Waals surface area contributed by atoms with E-state index in [4.69, 9.17) is 19.5 Å². The molecule has 2 aromatic heterocycles. The molecule has 20 heteroatoms. The predicted molar refractivity (Wildman–Crippen MR) is 234 cm³/mol. The number of aromatic nitrogens is 4. The third-order valence-corrected chi connectivity index (χ3v) is 10.6. The van der Waals surface area contributed by atoms with Crippen molar-refractivity contribution in [3.63, 3.8) is 0 Å². The van der Waals surface area contributed by atoms with E-state index >= 15 is 4.39 Å². The zero-order valence-electron chi connectivity index (χ0n) is 36.8. The highest BCUT2D eigenvalue weighted by atomic mass is 79.9. The van der Waals surface area contributed by atoms with E-state index in [0.717, 1.165) is 29.8 Å². The fourth-order valence-corrected chi connectivity index (χ4v) is 7.79. The van der Waals surface area contributed by atoms with Crippen LogP contribution in [0.1, 0.15) is 63.8 Å². The third kappa shape index (κ3) is 12.9. The fraction of sp³-hybridized carbons (Fsp3) is 0.304. The summed E-state index contributed by atoms with van der Waals surface area (Å²) in [6.07, 6.45) is -0.148. The first-order chi connectivity index (χ1) is 30.7. The van der Waals surface area contributed by atoms with Gasteiger partial charge in [-0.25, -0.2) is 28.7 Å². The average molecular weight is 994 g/mol. The van der Waals surface area contributed by atoms with Gasteiger partial charge in [0.25, 0.3) is 0 Å². The fourth-order valence-electron chi connectivity index (χ4n) is 7.46. The number of benzene rings is 4. The van der Waals surface area contributed by atoms with E-state index in [-0.39, 0.29) is 17.0 Å². The first kappa shape index (κ1) is 53.1. The van der Waals surface area contributed by atoms with Gasteiger partial charge < -0.3 is 29.0 Å². The van der Waals surface area contributed by atoms with Crippen molar-refractivity contribution in [3.8, 4) is 22.6 Å². The van der Waals surface area contributed by atoms with Crippen LogP contribution >= 0.6 is 15.9 Å². The van der Waals surface area contributed by atoms with E-state index in [2.05, 4.69) is 45.3 Å². The van der Waals surface area contributed by atoms with Crippen molar-refractivity contribution >= 4 is 28.5 Å². The minimum atomic E-state index is -4.77. The van der Waals surface area contributed by atoms with Gasteiger partial charge in [-0.2, -0.15) is 0 Å². The van der Waals surface area contributed by atoms with E-state index in [0.29, 0.717) is 32.3 Å². The van der Waals surface area contributed by atoms with Crippen LogP contribution in [0.5, 0.6) is 11.5 Å². The van der Waals surface area contributed by atoms with Gasteiger partial charge in [0.2, 0.25) is 0 Å². The number of rotatable bonds is 10. The Kier molecular flexibility index (Phi) is 17.2. The molecule has 0 aliphatic carbocycles. The van der Waals surface area contributed by atoms with E-state index in [1.54, 1.807) is 50.1 Å². The molecule has 6 aromatic rings. The number of alkyl halides is 6. The highest BCUT2D eigenvalue weighted by Crippen LogP contribution is 2.49. The molecular weight excluding hydrogens is 947 g/mol. The van der Waals surface area contributed by atoms with Crippen molar-refractivity contribution in [1.29, 1.82) is 0 Å². The second-order valence-electron chi connectivity index (χ2n) is 16.4. The smallest absolute Gasteiger partial charge is 0.423 e. The van der Waals surface area contributed by atoms with Crippen LogP contribution in [-0.4, -0.2) is 64.0 Å². The van der Waals surface area contributed by atoms with Gasteiger partial charge in [-0.05, 0) is 69.9 Å². The molecule has 66 heavy (non-hydrogen) atoms. The van der Waals surface area contributed by atoms with Crippen molar-refractivity contribution in [2.24, 2.45) is 10.8 Å². The zero-order chi connectivity index (χ0) is 49.3. The lowest BCUT2D eigenvalue weighted by molar-refractivity contribution is -0.275. The lowest BCUT2D eigenvalue weighted by Crippen LogP contribution is -2.44. The first-order valence-electron chi connectivity index (χ1n) is 19.6. The number of nitrogens with zero attached hydrogens (tertiary/aromatic N) is 4. The monoisotopic (exact) mass is 992 g/mol. The van der Waals surface area contributed by atoms with Crippen LogP contribution in [0.2, 0.25) is 0 Å². The Morgan fingerprint density at radius 2 is 0.879 bits per heavy atom. The first-order valence-corrected chi connectivity index (χ1v) is 20.4. The normalized spacial score (nSPS) is 13.7. The standard InChI is InChI=1S/C23H22F4N2O2.C16H18BrFN2O.C7H6BF3O3/c1-21(2,3)22(30-4,17-12-28-14-29-13-17)19-10-7-16(11-20(19)24)15-5-8-18(9-6-15)31-23(25,26)27;1-15(2,3)16(21-4,11-8-19-10-20-9-11)13-6-5-12(17)7-14(13)18;9-7(10,11)14-6-3-1-5(2-4-6)8(12)13/h5-14H,1-4H3;5-10H,1-4H3;1-4,12-13H. The summed E-state index contributed by atoms with van der Waals surface area (Å²) in [5.41, 5.74) is 0.136. The summed E-state index contributed by atoms with van der Waals surface area (Å²) in [5, 5.41) is 17.3. The van der Waals surface area contributed by atoms with Crippen LogP contribution in [0.25, 0.3) is 11.1 Å². The van der Waals surface area contributed by atoms with Gasteiger partial charge in [-0.1, -0.05) is 99.9 Å². The number of hydrogen-bond acceptors (Lipinski definition) is 10. The van der Waals surface area contributed by atoms with Crippen molar-refractivity contribution in [1.82, 2.24) is 19.9 Å². The van der Waals surface area contributed by atoms with Crippen molar-refractivity contribution in [3.05, 3.63) is 161 Å². The third-order valence-electron chi connectivity index (χ3n) is 10.2. The molecule has 0 fully saturated rings. The molecule has 0 saturated carbocycles. The molecule has 0 radical (unpaired) electrons. The maximum Gasteiger partial charge on any atom is 0.573 e. The van der Waals surface area contributed by atoms with Gasteiger partial charge in [-0.3, -0.25) is 0 Å². The van der Waals surface area contributed by atoms with Crippen LogP contribution in [0, 0.1) is 22.5 Å². The summed E-state index contributed by atoms with van der Waals surface area (Å²) < 4.78 is 122. The SMILES string of the molecule is COC(c1cncnc1)(c1ccc(-c2ccc(OC(F)(F)F)cc2)cc1F)C(C)(C)C.COC(c1cncnc1)(c1ccc(Br)cc1F)C(C)(C)C.OB(O)c1ccc(OC(F)(F)F)cc1. The topological polar surface area (TPSA) is 129 Å². The summed E-state index contributed by atoms with van der Waals surface area (Å²) in [6.45, 7) is 11.8. The Morgan fingerprint density at radius 3 is 1.21 bits per heavy atom. The molecular formula is C46H46BBrF8N4O6. The molecule has 2 N–H and O–H groups in total. The second kappa shape index (κ2) is 21.4. The largest absolute Gasteiger partial charge is 0.573 e. The van der Waals surface area contributed by atoms with Gasteiger partial charge >= 0.3 is 19.8 Å². The zero-order valence-corrected chi connectivity index (χ0v) is 38.4. The molecule has 0 aliphatic heterocycles. The molecule has 2 unspecified atom stereocenters. The van der Waals surface area contributed by atoms with Crippen LogP contribution < -0.4 is 14.9 Å². The van der Waals surface area contributed by atoms with E-state index in [1.807, 2.05) is 47.6 Å². The molecule has 0 amide bonds. The van der Waals surface area contributed by atoms with Crippen molar-refractivity contribution in [2.75, 3.05) is 14.2 Å². The molecule has 0 aliphatic rings. The Morgan fingerprint density at radius 1 is 0.515 bits per heavy atom. The second-order valence-corrected chi connectivity index (χ2v) is 17.3. The Bertz CT molecular complexity index is 2480. The highest BCUT2D eigenvalue weighted by Gasteiger charge is 2.49. The number of halogens is 9. The Hall–Kier alpha value is -5.54. The Balaban J connectivity index is 0.000000235. The van der Waals surface area contributed by atoms with E-state index < -0.39 is 53.4 Å². The van der Waals surface area contributed by atoms with Crippen LogP contribution in [0.4, 0.5) is 35.1 Å². The summed E-state index contributed by atoms with van der Waals surface area (Å²) in [5.74, 6) is -1.59. The number of hydrogen-bond donors (Lipinski definition) is 2. The molecule has 2 heterocycles. The highest BCUT2D eigenvalue weighted by molar-refractivity contribution is 9.10. The molecule has 0 saturated heterocycles. The van der Waals surface area contributed by atoms with Crippen molar-refractivity contribution < 1.29 is 64.1 Å². The lowest BCUT2D eigenvalue weighted by Gasteiger charge is -2.44. The molecule has 0 bridgehead atoms. The van der Waals surface area contributed by atoms with Gasteiger partial charge in [0.1, 0.15) is 47.0 Å². The molecule has 4 aromatic carbocycles. The molecule has 0 spiro atoms. The van der Waals surface area contributed by atoms with E-state index in [9.17, 15) is 30.7 Å². The van der Waals surface area contributed by atoms with Gasteiger partial charge in [0, 0.05) is 65.7 Å². The van der Waals surface area contributed by atoms with E-state index in [1.165, 1.54) is 56.2 Å². The molecule has 10 nitrogen and oxygen atoms in total. The lowest BCUT2D eigenvalue weighted by atomic mass is 9.68. The summed E-state index contributed by atoms with van der Waals surface area (Å²) >= 11 is 3.29. The molecule has 6 rings (SSSR count). The van der Waals surface area contributed by atoms with Crippen LogP contribution in [0.3, 0.4) is 0 Å². The average Bonchev–Trinajstić information content (AvgIpc) is 3.22. The summed E-state index contributed by atoms with van der Waals surface area (Å²) in [7, 11) is 1.39. The minimum absolute atomic E-state index is 0.0968. The quantitative estimate of drug-likeness (QED) is 0.101. The number of ether oxygens (including phenoxy) is 4. The predicted octanol–water partition coefficient (Wildman–Crippen LogP) is 10.7. The maximum atomic E-state index is 15.4. The van der Waals surface area contributed by atoms with Gasteiger partial charge in [-0.15, -0.1) is 26.3 Å². The summed E-state index contributed by atoms with van der Waals surface area (Å²) in [4.78, 5) is 16.2. The summed E-state index contributed by atoms with van der Waals surface area (Å²) in [6, 6.07) is 19.1. The minimum Gasteiger partial charge on any atom is -0.423 e. The maximum absolute atomic E-state index is 15.4. The van der Waals surface area contributed by atoms with Crippen LogP contribution in [0.15, 0.2) is 127 Å². The van der Waals surface area contributed by atoms with Gasteiger partial charge in [0.15, 0.2) is 0 Å².